The molecule has 1 atom stereocenters. The van der Waals surface area contributed by atoms with Gasteiger partial charge in [0.05, 0.1) is 23.6 Å². The summed E-state index contributed by atoms with van der Waals surface area (Å²) in [4.78, 5) is 36.9. The van der Waals surface area contributed by atoms with Gasteiger partial charge in [0.15, 0.2) is 5.65 Å². The summed E-state index contributed by atoms with van der Waals surface area (Å²) in [6.07, 6.45) is 7.31. The molecule has 0 unspecified atom stereocenters. The van der Waals surface area contributed by atoms with Crippen molar-refractivity contribution in [3.8, 4) is 22.4 Å². The van der Waals surface area contributed by atoms with Crippen molar-refractivity contribution in [2.24, 2.45) is 0 Å². The Morgan fingerprint density at radius 2 is 1.82 bits per heavy atom. The van der Waals surface area contributed by atoms with Crippen molar-refractivity contribution >= 4 is 23.2 Å². The van der Waals surface area contributed by atoms with Gasteiger partial charge in [-0.25, -0.2) is 4.98 Å². The Balaban J connectivity index is 1.32. The highest BCUT2D eigenvalue weighted by Crippen LogP contribution is 2.35. The number of piperidine rings is 1. The van der Waals surface area contributed by atoms with E-state index in [1.54, 1.807) is 17.6 Å². The zero-order valence-corrected chi connectivity index (χ0v) is 22.1. The van der Waals surface area contributed by atoms with Crippen molar-refractivity contribution in [3.05, 3.63) is 66.1 Å². The van der Waals surface area contributed by atoms with Crippen molar-refractivity contribution in [1.82, 2.24) is 29.8 Å². The Kier molecular flexibility index (Phi) is 6.83. The van der Waals surface area contributed by atoms with E-state index in [0.29, 0.717) is 24.6 Å². The minimum atomic E-state index is -0.0591. The average Bonchev–Trinajstić information content (AvgIpc) is 3.66. The van der Waals surface area contributed by atoms with Gasteiger partial charge < -0.3 is 16.0 Å². The van der Waals surface area contributed by atoms with Gasteiger partial charge >= 0.3 is 0 Å². The molecule has 5 heterocycles. The first kappa shape index (κ1) is 25.2. The summed E-state index contributed by atoms with van der Waals surface area (Å²) in [5, 5.41) is 7.85. The number of hydrogen-bond donors (Lipinski definition) is 2. The van der Waals surface area contributed by atoms with E-state index in [2.05, 4.69) is 15.4 Å². The van der Waals surface area contributed by atoms with E-state index in [1.807, 2.05) is 53.6 Å². The first-order valence-corrected chi connectivity index (χ1v) is 13.7. The van der Waals surface area contributed by atoms with Crippen molar-refractivity contribution < 1.29 is 9.59 Å². The fourth-order valence-electron chi connectivity index (χ4n) is 5.86. The highest BCUT2D eigenvalue weighted by molar-refractivity contribution is 5.83. The third-order valence-corrected chi connectivity index (χ3v) is 7.94. The van der Waals surface area contributed by atoms with Crippen LogP contribution in [0.25, 0.3) is 28.0 Å². The summed E-state index contributed by atoms with van der Waals surface area (Å²) in [7, 11) is 0. The smallest absolute Gasteiger partial charge is 0.239 e. The number of nitrogen functional groups attached to an aromatic ring is 1. The molecule has 1 aromatic carbocycles. The summed E-state index contributed by atoms with van der Waals surface area (Å²) in [6.45, 7) is 3.82. The van der Waals surface area contributed by atoms with E-state index in [9.17, 15) is 9.59 Å². The fraction of sp³-hybridized carbons (Fsp3) is 0.367. The highest BCUT2D eigenvalue weighted by atomic mass is 16.2. The number of anilines is 1. The maximum Gasteiger partial charge on any atom is 0.239 e. The second-order valence-corrected chi connectivity index (χ2v) is 10.6. The molecular formula is C30H33N7O2. The molecule has 0 saturated carbocycles. The Morgan fingerprint density at radius 1 is 1.03 bits per heavy atom. The van der Waals surface area contributed by atoms with Crippen LogP contribution in [0.3, 0.4) is 0 Å². The zero-order chi connectivity index (χ0) is 26.9. The Morgan fingerprint density at radius 3 is 2.49 bits per heavy atom. The zero-order valence-electron chi connectivity index (χ0n) is 22.1. The fourth-order valence-corrected chi connectivity index (χ4v) is 5.86. The number of fused-ring (bicyclic) bond motifs is 1. The standard InChI is InChI=1S/C30H33N7O2/c1-19(38)16-23-27(21-11-14-36(15-12-21)30(39)26-8-5-13-32-26)35-29-24(18-34-37(29)28(23)31)22-9-10-25(33-17-22)20-6-3-2-4-7-20/h2-4,6-7,9-10,17-18,21,26,32H,5,8,11-16,31H2,1H3/t26-/m1/s1. The van der Waals surface area contributed by atoms with Crippen LogP contribution in [0.15, 0.2) is 54.9 Å². The van der Waals surface area contributed by atoms with Gasteiger partial charge in [-0.3, -0.25) is 14.6 Å². The van der Waals surface area contributed by atoms with Crippen LogP contribution < -0.4 is 11.1 Å². The average molecular weight is 524 g/mol. The quantitative estimate of drug-likeness (QED) is 0.396. The summed E-state index contributed by atoms with van der Waals surface area (Å²) in [5.41, 5.74) is 12.6. The first-order chi connectivity index (χ1) is 19.0. The number of likely N-dealkylation sites (tertiary alicyclic amines) is 1. The molecule has 9 heteroatoms. The lowest BCUT2D eigenvalue weighted by Gasteiger charge is -2.34. The van der Waals surface area contributed by atoms with Crippen LogP contribution in [0.2, 0.25) is 0 Å². The molecule has 0 spiro atoms. The van der Waals surface area contributed by atoms with E-state index >= 15 is 0 Å². The predicted molar refractivity (Wildman–Crippen MR) is 150 cm³/mol. The van der Waals surface area contributed by atoms with Crippen LogP contribution in [0.1, 0.15) is 49.8 Å². The predicted octanol–water partition coefficient (Wildman–Crippen LogP) is 3.63. The number of nitrogens with two attached hydrogens (primary N) is 1. The van der Waals surface area contributed by atoms with Crippen LogP contribution in [0, 0.1) is 0 Å². The van der Waals surface area contributed by atoms with Crippen LogP contribution >= 0.6 is 0 Å². The van der Waals surface area contributed by atoms with Gasteiger partial charge in [-0.05, 0) is 45.2 Å². The van der Waals surface area contributed by atoms with Gasteiger partial charge in [0.2, 0.25) is 5.91 Å². The van der Waals surface area contributed by atoms with Crippen LogP contribution in [0.4, 0.5) is 5.82 Å². The van der Waals surface area contributed by atoms with Crippen LogP contribution in [-0.4, -0.2) is 61.8 Å². The van der Waals surface area contributed by atoms with Gasteiger partial charge in [0.1, 0.15) is 11.6 Å². The summed E-state index contributed by atoms with van der Waals surface area (Å²) in [5.74, 6) is 0.770. The Bertz CT molecular complexity index is 1500. The molecule has 4 aromatic rings. The molecule has 39 heavy (non-hydrogen) atoms. The number of hydrogen-bond acceptors (Lipinski definition) is 7. The molecule has 9 nitrogen and oxygen atoms in total. The highest BCUT2D eigenvalue weighted by Gasteiger charge is 2.32. The molecule has 2 aliphatic heterocycles. The minimum Gasteiger partial charge on any atom is -0.383 e. The number of Topliss-reactive ketones (excluding diaryl/α,β-unsaturated/α-hetero) is 1. The molecule has 0 bridgehead atoms. The van der Waals surface area contributed by atoms with E-state index in [4.69, 9.17) is 10.7 Å². The van der Waals surface area contributed by atoms with E-state index in [0.717, 1.165) is 65.9 Å². The number of carbonyl (C=O) groups is 2. The third-order valence-electron chi connectivity index (χ3n) is 7.94. The van der Waals surface area contributed by atoms with Crippen molar-refractivity contribution in [1.29, 1.82) is 0 Å². The molecule has 200 valence electrons. The molecule has 3 aromatic heterocycles. The van der Waals surface area contributed by atoms with Crippen molar-refractivity contribution in [2.75, 3.05) is 25.4 Å². The number of aromatic nitrogens is 4. The number of benzene rings is 1. The Labute approximate surface area is 227 Å². The SMILES string of the molecule is CC(=O)Cc1c(C2CCN(C(=O)[C@H]3CCCN3)CC2)nc2c(-c3ccc(-c4ccccc4)nc3)cnn2c1N. The number of carbonyl (C=O) groups excluding carboxylic acids is 2. The lowest BCUT2D eigenvalue weighted by Crippen LogP contribution is -2.46. The normalized spacial score (nSPS) is 18.1. The molecule has 0 radical (unpaired) electrons. The van der Waals surface area contributed by atoms with Crippen LogP contribution in [0.5, 0.6) is 0 Å². The molecule has 6 rings (SSSR count). The van der Waals surface area contributed by atoms with E-state index < -0.39 is 0 Å². The number of pyridine rings is 1. The third kappa shape index (κ3) is 4.90. The van der Waals surface area contributed by atoms with Gasteiger partial charge in [0.25, 0.3) is 0 Å². The van der Waals surface area contributed by atoms with Gasteiger partial charge in [-0.1, -0.05) is 36.4 Å². The molecule has 2 fully saturated rings. The largest absolute Gasteiger partial charge is 0.383 e. The topological polar surface area (TPSA) is 119 Å². The number of nitrogens with one attached hydrogen (secondary N) is 1. The first-order valence-electron chi connectivity index (χ1n) is 13.7. The molecule has 2 saturated heterocycles. The minimum absolute atomic E-state index is 0.0251. The molecule has 3 N–H and O–H groups in total. The summed E-state index contributed by atoms with van der Waals surface area (Å²) < 4.78 is 1.63. The second kappa shape index (κ2) is 10.6. The lowest BCUT2D eigenvalue weighted by molar-refractivity contribution is -0.134. The number of nitrogens with zero attached hydrogens (tertiary/aromatic N) is 5. The maximum absolute atomic E-state index is 12.9. The second-order valence-electron chi connectivity index (χ2n) is 10.6. The molecule has 2 aliphatic rings. The van der Waals surface area contributed by atoms with E-state index in [1.165, 1.54) is 0 Å². The van der Waals surface area contributed by atoms with E-state index in [-0.39, 0.29) is 30.1 Å². The molecular weight excluding hydrogens is 490 g/mol. The lowest BCUT2D eigenvalue weighted by atomic mass is 9.89. The van der Waals surface area contributed by atoms with Crippen molar-refractivity contribution in [3.63, 3.8) is 0 Å². The number of amides is 1. The monoisotopic (exact) mass is 523 g/mol. The molecule has 0 aliphatic carbocycles. The molecule has 1 amide bonds. The number of rotatable bonds is 6. The number of ketones is 1. The Hall–Kier alpha value is -4.11. The summed E-state index contributed by atoms with van der Waals surface area (Å²) in [6, 6.07) is 14.0. The van der Waals surface area contributed by atoms with Gasteiger partial charge in [-0.2, -0.15) is 9.61 Å². The maximum atomic E-state index is 12.9. The van der Waals surface area contributed by atoms with Gasteiger partial charge in [-0.15, -0.1) is 0 Å². The summed E-state index contributed by atoms with van der Waals surface area (Å²) >= 11 is 0. The van der Waals surface area contributed by atoms with Crippen molar-refractivity contribution in [2.45, 2.75) is 51.0 Å². The van der Waals surface area contributed by atoms with Crippen LogP contribution in [-0.2, 0) is 16.0 Å². The van der Waals surface area contributed by atoms with Gasteiger partial charge in [0, 0.05) is 53.9 Å².